The number of ether oxygens (including phenoxy) is 1. The average molecular weight is 640 g/mol. The van der Waals surface area contributed by atoms with Crippen molar-refractivity contribution in [1.29, 1.82) is 5.26 Å². The molecule has 3 N–H and O–H groups in total. The first-order valence-electron chi connectivity index (χ1n) is 15.4. The van der Waals surface area contributed by atoms with Gasteiger partial charge < -0.3 is 20.1 Å². The monoisotopic (exact) mass is 639 g/mol. The number of rotatable bonds is 11. The van der Waals surface area contributed by atoms with Gasteiger partial charge in [0.2, 0.25) is 5.88 Å². The molecule has 0 aliphatic heterocycles. The number of nitriles is 1. The highest BCUT2D eigenvalue weighted by molar-refractivity contribution is 5.92. The SMILES string of the molecule is N#Cc1ccc(COc2cccc(-c3cc(F)c(Cc4nc5ccc(C(=O)O)cc5n4CC4(CCN)CCCC4)cc3F)n2)c(F)c1. The van der Waals surface area contributed by atoms with Gasteiger partial charge in [0, 0.05) is 30.2 Å². The first-order valence-corrected chi connectivity index (χ1v) is 15.4. The third-order valence-electron chi connectivity index (χ3n) is 8.95. The van der Waals surface area contributed by atoms with Crippen LogP contribution in [0, 0.1) is 34.2 Å². The Bertz CT molecular complexity index is 2010. The number of carboxylic acids is 1. The number of carboxylic acid groups (broad SMARTS) is 1. The van der Waals surface area contributed by atoms with E-state index in [9.17, 15) is 14.3 Å². The standard InChI is InChI=1S/C36H32F3N5O3/c37-27-14-22(19-41)6-7-24(27)20-47-34-5-3-4-30(43-34)26-18-28(38)25(15-29(26)39)17-33-42-31-9-8-23(35(45)46)16-32(31)44(33)21-36(12-13-40)10-1-2-11-36/h3-9,14-16,18H,1-2,10-13,17,20-21,40H2,(H,45,46). The number of pyridine rings is 1. The number of benzene rings is 3. The van der Waals surface area contributed by atoms with Crippen molar-refractivity contribution < 1.29 is 27.8 Å². The molecule has 0 bridgehead atoms. The van der Waals surface area contributed by atoms with Gasteiger partial charge in [0.15, 0.2) is 0 Å². The van der Waals surface area contributed by atoms with E-state index in [1.54, 1.807) is 18.2 Å². The largest absolute Gasteiger partial charge is 0.478 e. The number of fused-ring (bicyclic) bond motifs is 1. The van der Waals surface area contributed by atoms with Gasteiger partial charge in [0.05, 0.1) is 33.9 Å². The number of nitrogens with zero attached hydrogens (tertiary/aromatic N) is 4. The molecule has 5 aromatic rings. The summed E-state index contributed by atoms with van der Waals surface area (Å²) < 4.78 is 53.2. The lowest BCUT2D eigenvalue weighted by Crippen LogP contribution is -2.27. The maximum atomic E-state index is 15.7. The Morgan fingerprint density at radius 3 is 2.49 bits per heavy atom. The summed E-state index contributed by atoms with van der Waals surface area (Å²) >= 11 is 0. The number of hydrogen-bond acceptors (Lipinski definition) is 6. The van der Waals surface area contributed by atoms with Crippen LogP contribution in [0.15, 0.2) is 66.7 Å². The van der Waals surface area contributed by atoms with Gasteiger partial charge in [-0.25, -0.2) is 27.9 Å². The van der Waals surface area contributed by atoms with E-state index in [1.807, 2.05) is 10.6 Å². The molecule has 1 fully saturated rings. The Labute approximate surface area is 269 Å². The van der Waals surface area contributed by atoms with E-state index in [0.29, 0.717) is 29.9 Å². The molecular weight excluding hydrogens is 607 g/mol. The quantitative estimate of drug-likeness (QED) is 0.157. The molecule has 47 heavy (non-hydrogen) atoms. The fourth-order valence-corrected chi connectivity index (χ4v) is 6.49. The molecule has 2 heterocycles. The van der Waals surface area contributed by atoms with Crippen LogP contribution in [0.3, 0.4) is 0 Å². The molecule has 1 aliphatic rings. The van der Waals surface area contributed by atoms with Gasteiger partial charge in [0.1, 0.15) is 29.9 Å². The normalized spacial score (nSPS) is 13.9. The van der Waals surface area contributed by atoms with Crippen LogP contribution in [0.4, 0.5) is 13.2 Å². The van der Waals surface area contributed by atoms with Gasteiger partial charge in [-0.3, -0.25) is 0 Å². The molecule has 11 heteroatoms. The second-order valence-corrected chi connectivity index (χ2v) is 12.0. The number of halogens is 3. The number of carbonyl (C=O) groups is 1. The van der Waals surface area contributed by atoms with Crippen molar-refractivity contribution in [3.63, 3.8) is 0 Å². The fraction of sp³-hybridized carbons (Fsp3) is 0.278. The van der Waals surface area contributed by atoms with E-state index in [0.717, 1.165) is 50.3 Å². The molecule has 240 valence electrons. The molecule has 0 saturated heterocycles. The van der Waals surface area contributed by atoms with Gasteiger partial charge in [-0.05, 0) is 85.3 Å². The molecular formula is C36H32F3N5O3. The van der Waals surface area contributed by atoms with Crippen molar-refractivity contribution in [3.8, 4) is 23.2 Å². The number of aromatic nitrogens is 3. The molecule has 3 aromatic carbocycles. The highest BCUT2D eigenvalue weighted by Crippen LogP contribution is 2.43. The topological polar surface area (TPSA) is 127 Å². The van der Waals surface area contributed by atoms with Crippen molar-refractivity contribution >= 4 is 17.0 Å². The summed E-state index contributed by atoms with van der Waals surface area (Å²) in [5.74, 6) is -2.43. The lowest BCUT2D eigenvalue weighted by atomic mass is 9.82. The number of hydrogen-bond donors (Lipinski definition) is 2. The maximum Gasteiger partial charge on any atom is 0.335 e. The Balaban J connectivity index is 1.29. The second-order valence-electron chi connectivity index (χ2n) is 12.0. The first kappa shape index (κ1) is 31.8. The Morgan fingerprint density at radius 2 is 1.77 bits per heavy atom. The van der Waals surface area contributed by atoms with E-state index in [1.165, 1.54) is 30.3 Å². The van der Waals surface area contributed by atoms with Crippen LogP contribution in [0.1, 0.15) is 65.0 Å². The molecule has 6 rings (SSSR count). The van der Waals surface area contributed by atoms with Crippen LogP contribution < -0.4 is 10.5 Å². The van der Waals surface area contributed by atoms with Gasteiger partial charge in [0.25, 0.3) is 0 Å². The van der Waals surface area contributed by atoms with Crippen molar-refractivity contribution in [3.05, 3.63) is 112 Å². The molecule has 1 saturated carbocycles. The summed E-state index contributed by atoms with van der Waals surface area (Å²) in [6.07, 6.45) is 4.84. The lowest BCUT2D eigenvalue weighted by molar-refractivity contribution is 0.0697. The molecule has 0 unspecified atom stereocenters. The van der Waals surface area contributed by atoms with Crippen LogP contribution in [0.5, 0.6) is 5.88 Å². The second kappa shape index (κ2) is 13.3. The lowest BCUT2D eigenvalue weighted by Gasteiger charge is -2.30. The van der Waals surface area contributed by atoms with Crippen molar-refractivity contribution in [2.45, 2.75) is 51.7 Å². The zero-order valence-corrected chi connectivity index (χ0v) is 25.5. The molecule has 0 atom stereocenters. The smallest absolute Gasteiger partial charge is 0.335 e. The van der Waals surface area contributed by atoms with Crippen molar-refractivity contribution in [2.75, 3.05) is 6.54 Å². The zero-order chi connectivity index (χ0) is 33.1. The summed E-state index contributed by atoms with van der Waals surface area (Å²) in [7, 11) is 0. The minimum absolute atomic E-state index is 0.0223. The minimum Gasteiger partial charge on any atom is -0.478 e. The van der Waals surface area contributed by atoms with E-state index >= 15 is 8.78 Å². The number of aromatic carboxylic acids is 1. The Kier molecular flexibility index (Phi) is 8.96. The number of nitrogens with two attached hydrogens (primary N) is 1. The summed E-state index contributed by atoms with van der Waals surface area (Å²) in [6.45, 7) is 0.881. The molecule has 0 amide bonds. The highest BCUT2D eigenvalue weighted by atomic mass is 19.1. The van der Waals surface area contributed by atoms with E-state index in [4.69, 9.17) is 20.7 Å². The predicted molar refractivity (Wildman–Crippen MR) is 169 cm³/mol. The van der Waals surface area contributed by atoms with Gasteiger partial charge in [-0.15, -0.1) is 0 Å². The van der Waals surface area contributed by atoms with E-state index in [2.05, 4.69) is 4.98 Å². The van der Waals surface area contributed by atoms with E-state index in [-0.39, 0.29) is 57.8 Å². The Hall–Kier alpha value is -5.21. The van der Waals surface area contributed by atoms with Crippen molar-refractivity contribution in [2.24, 2.45) is 11.1 Å². The van der Waals surface area contributed by atoms with Crippen molar-refractivity contribution in [1.82, 2.24) is 14.5 Å². The van der Waals surface area contributed by atoms with Gasteiger partial charge in [-0.1, -0.05) is 25.0 Å². The van der Waals surface area contributed by atoms with Gasteiger partial charge >= 0.3 is 5.97 Å². The minimum atomic E-state index is -1.06. The first-order chi connectivity index (χ1) is 22.7. The van der Waals surface area contributed by atoms with Crippen LogP contribution in [0.25, 0.3) is 22.3 Å². The fourth-order valence-electron chi connectivity index (χ4n) is 6.49. The van der Waals surface area contributed by atoms with Gasteiger partial charge in [-0.2, -0.15) is 5.26 Å². The van der Waals surface area contributed by atoms with Crippen LogP contribution in [-0.4, -0.2) is 32.2 Å². The third kappa shape index (κ3) is 6.69. The molecule has 0 radical (unpaired) electrons. The summed E-state index contributed by atoms with van der Waals surface area (Å²) in [5.41, 5.74) is 7.76. The summed E-state index contributed by atoms with van der Waals surface area (Å²) in [5, 5.41) is 18.6. The molecule has 2 aromatic heterocycles. The van der Waals surface area contributed by atoms with Crippen LogP contribution in [0.2, 0.25) is 0 Å². The zero-order valence-electron chi connectivity index (χ0n) is 25.5. The molecule has 1 aliphatic carbocycles. The Morgan fingerprint density at radius 1 is 0.979 bits per heavy atom. The third-order valence-corrected chi connectivity index (χ3v) is 8.95. The average Bonchev–Trinajstić information content (AvgIpc) is 3.66. The highest BCUT2D eigenvalue weighted by Gasteiger charge is 2.35. The summed E-state index contributed by atoms with van der Waals surface area (Å²) in [4.78, 5) is 20.8. The molecule has 0 spiro atoms. The number of imidazole rings is 1. The van der Waals surface area contributed by atoms with Crippen LogP contribution in [-0.2, 0) is 19.6 Å². The van der Waals surface area contributed by atoms with E-state index < -0.39 is 23.4 Å². The maximum absolute atomic E-state index is 15.7. The predicted octanol–water partition coefficient (Wildman–Crippen LogP) is 7.16. The van der Waals surface area contributed by atoms with Crippen LogP contribution >= 0.6 is 0 Å². The molecule has 8 nitrogen and oxygen atoms in total. The summed E-state index contributed by atoms with van der Waals surface area (Å²) in [6, 6.07) is 17.4.